The predicted octanol–water partition coefficient (Wildman–Crippen LogP) is 2.75. The normalized spacial score (nSPS) is 9.91. The first kappa shape index (κ1) is 15.7. The molecule has 2 rings (SSSR count). The Morgan fingerprint density at radius 3 is 2.55 bits per heavy atom. The van der Waals surface area contributed by atoms with Crippen molar-refractivity contribution in [3.8, 4) is 0 Å². The smallest absolute Gasteiger partial charge is 0.348 e. The number of hydrogen-bond donors (Lipinski definition) is 2. The van der Waals surface area contributed by atoms with E-state index in [4.69, 9.17) is 0 Å². The SMILES string of the molecule is COC(=O)c1ccc(NC(=O)c2cccc(NC(C)=O)c2)s1. The van der Waals surface area contributed by atoms with Crippen LogP contribution in [0, 0.1) is 0 Å². The number of thiophene rings is 1. The molecule has 0 saturated carbocycles. The van der Waals surface area contributed by atoms with Crippen molar-refractivity contribution in [2.45, 2.75) is 6.92 Å². The van der Waals surface area contributed by atoms with E-state index >= 15 is 0 Å². The average Bonchev–Trinajstić information content (AvgIpc) is 2.94. The van der Waals surface area contributed by atoms with Gasteiger partial charge in [0.2, 0.25) is 5.91 Å². The second-order valence-corrected chi connectivity index (χ2v) is 5.46. The highest BCUT2D eigenvalue weighted by molar-refractivity contribution is 7.18. The Bertz CT molecular complexity index is 724. The minimum atomic E-state index is -0.446. The fraction of sp³-hybridized carbons (Fsp3) is 0.133. The van der Waals surface area contributed by atoms with Gasteiger partial charge in [0.1, 0.15) is 4.88 Å². The van der Waals surface area contributed by atoms with Crippen LogP contribution in [0.3, 0.4) is 0 Å². The summed E-state index contributed by atoms with van der Waals surface area (Å²) in [4.78, 5) is 35.0. The molecule has 6 nitrogen and oxygen atoms in total. The zero-order valence-electron chi connectivity index (χ0n) is 12.0. The van der Waals surface area contributed by atoms with E-state index in [2.05, 4.69) is 15.4 Å². The minimum Gasteiger partial charge on any atom is -0.465 e. The second kappa shape index (κ2) is 6.86. The monoisotopic (exact) mass is 318 g/mol. The molecule has 0 aliphatic rings. The molecule has 1 heterocycles. The van der Waals surface area contributed by atoms with Crippen molar-refractivity contribution in [2.75, 3.05) is 17.7 Å². The van der Waals surface area contributed by atoms with Gasteiger partial charge in [0.05, 0.1) is 12.1 Å². The fourth-order valence-corrected chi connectivity index (χ4v) is 2.56. The number of methoxy groups -OCH3 is 1. The molecule has 7 heteroatoms. The molecule has 2 aromatic rings. The van der Waals surface area contributed by atoms with Gasteiger partial charge in [-0.05, 0) is 30.3 Å². The lowest BCUT2D eigenvalue weighted by Gasteiger charge is -2.06. The number of anilines is 2. The van der Waals surface area contributed by atoms with Crippen molar-refractivity contribution in [3.05, 3.63) is 46.8 Å². The zero-order valence-corrected chi connectivity index (χ0v) is 12.8. The van der Waals surface area contributed by atoms with Crippen LogP contribution in [0.15, 0.2) is 36.4 Å². The van der Waals surface area contributed by atoms with E-state index in [1.165, 1.54) is 14.0 Å². The Kier molecular flexibility index (Phi) is 4.90. The third-order valence-electron chi connectivity index (χ3n) is 2.67. The molecule has 0 atom stereocenters. The Hall–Kier alpha value is -2.67. The van der Waals surface area contributed by atoms with Crippen molar-refractivity contribution in [2.24, 2.45) is 0 Å². The summed E-state index contributed by atoms with van der Waals surface area (Å²) in [5.41, 5.74) is 0.945. The number of esters is 1. The van der Waals surface area contributed by atoms with Gasteiger partial charge >= 0.3 is 5.97 Å². The zero-order chi connectivity index (χ0) is 16.1. The number of rotatable bonds is 4. The van der Waals surface area contributed by atoms with E-state index in [0.717, 1.165) is 11.3 Å². The summed E-state index contributed by atoms with van der Waals surface area (Å²) in [5, 5.41) is 5.85. The first-order chi connectivity index (χ1) is 10.5. The summed E-state index contributed by atoms with van der Waals surface area (Å²) in [6.45, 7) is 1.40. The molecule has 22 heavy (non-hydrogen) atoms. The number of carbonyl (C=O) groups excluding carboxylic acids is 3. The molecule has 1 aromatic carbocycles. The number of hydrogen-bond acceptors (Lipinski definition) is 5. The maximum atomic E-state index is 12.2. The Morgan fingerprint density at radius 2 is 1.86 bits per heavy atom. The van der Waals surface area contributed by atoms with E-state index in [9.17, 15) is 14.4 Å². The maximum absolute atomic E-state index is 12.2. The molecule has 0 radical (unpaired) electrons. The molecule has 0 saturated heterocycles. The van der Waals surface area contributed by atoms with Gasteiger partial charge in [0.15, 0.2) is 0 Å². The molecule has 0 unspecified atom stereocenters. The highest BCUT2D eigenvalue weighted by Crippen LogP contribution is 2.23. The summed E-state index contributed by atoms with van der Waals surface area (Å²) < 4.78 is 4.61. The van der Waals surface area contributed by atoms with Crippen LogP contribution in [0.5, 0.6) is 0 Å². The molecule has 0 aliphatic heterocycles. The van der Waals surface area contributed by atoms with Crippen molar-refractivity contribution in [1.29, 1.82) is 0 Å². The lowest BCUT2D eigenvalue weighted by atomic mass is 10.2. The number of amides is 2. The summed E-state index contributed by atoms with van der Waals surface area (Å²) in [7, 11) is 1.30. The Balaban J connectivity index is 2.10. The van der Waals surface area contributed by atoms with Gasteiger partial charge in [-0.1, -0.05) is 6.07 Å². The first-order valence-corrected chi connectivity index (χ1v) is 7.18. The fourth-order valence-electron chi connectivity index (χ4n) is 1.74. The maximum Gasteiger partial charge on any atom is 0.348 e. The average molecular weight is 318 g/mol. The molecule has 114 valence electrons. The summed E-state index contributed by atoms with van der Waals surface area (Å²) in [5.74, 6) is -0.984. The van der Waals surface area contributed by atoms with Crippen LogP contribution in [0.1, 0.15) is 27.0 Å². The van der Waals surface area contributed by atoms with Gasteiger partial charge in [-0.3, -0.25) is 9.59 Å². The van der Waals surface area contributed by atoms with E-state index < -0.39 is 5.97 Å². The molecule has 2 N–H and O–H groups in total. The molecule has 0 aliphatic carbocycles. The van der Waals surface area contributed by atoms with Gasteiger partial charge < -0.3 is 15.4 Å². The molecular formula is C15H14N2O4S. The third kappa shape index (κ3) is 3.92. The van der Waals surface area contributed by atoms with Crippen molar-refractivity contribution in [3.63, 3.8) is 0 Å². The van der Waals surface area contributed by atoms with E-state index in [-0.39, 0.29) is 11.8 Å². The highest BCUT2D eigenvalue weighted by atomic mass is 32.1. The largest absolute Gasteiger partial charge is 0.465 e. The minimum absolute atomic E-state index is 0.210. The molecular weight excluding hydrogens is 304 g/mol. The molecule has 0 spiro atoms. The topological polar surface area (TPSA) is 84.5 Å². The second-order valence-electron chi connectivity index (χ2n) is 4.37. The highest BCUT2D eigenvalue weighted by Gasteiger charge is 2.12. The predicted molar refractivity (Wildman–Crippen MR) is 84.4 cm³/mol. The molecule has 1 aromatic heterocycles. The van der Waals surface area contributed by atoms with Crippen LogP contribution in [0.2, 0.25) is 0 Å². The summed E-state index contributed by atoms with van der Waals surface area (Å²) in [6, 6.07) is 9.79. The third-order valence-corrected chi connectivity index (χ3v) is 3.66. The Morgan fingerprint density at radius 1 is 1.09 bits per heavy atom. The van der Waals surface area contributed by atoms with E-state index in [0.29, 0.717) is 21.1 Å². The summed E-state index contributed by atoms with van der Waals surface area (Å²) in [6.07, 6.45) is 0. The van der Waals surface area contributed by atoms with Crippen LogP contribution in [0.25, 0.3) is 0 Å². The van der Waals surface area contributed by atoms with Crippen molar-refractivity contribution >= 4 is 39.8 Å². The number of benzene rings is 1. The molecule has 0 bridgehead atoms. The number of nitrogens with one attached hydrogen (secondary N) is 2. The van der Waals surface area contributed by atoms with Gasteiger partial charge in [-0.25, -0.2) is 4.79 Å². The quantitative estimate of drug-likeness (QED) is 0.849. The van der Waals surface area contributed by atoms with Crippen LogP contribution in [-0.2, 0) is 9.53 Å². The van der Waals surface area contributed by atoms with Gasteiger partial charge in [0.25, 0.3) is 5.91 Å². The van der Waals surface area contributed by atoms with Crippen LogP contribution in [-0.4, -0.2) is 24.9 Å². The van der Waals surface area contributed by atoms with Crippen LogP contribution >= 0.6 is 11.3 Å². The lowest BCUT2D eigenvalue weighted by Crippen LogP contribution is -2.12. The lowest BCUT2D eigenvalue weighted by molar-refractivity contribution is -0.114. The first-order valence-electron chi connectivity index (χ1n) is 6.37. The standard InChI is InChI=1S/C15H14N2O4S/c1-9(18)16-11-5-3-4-10(8-11)14(19)17-13-7-6-12(22-13)15(20)21-2/h3-8H,1-2H3,(H,16,18)(H,17,19). The van der Waals surface area contributed by atoms with Gasteiger partial charge in [0, 0.05) is 18.2 Å². The summed E-state index contributed by atoms with van der Waals surface area (Å²) >= 11 is 1.13. The van der Waals surface area contributed by atoms with E-state index in [1.807, 2.05) is 0 Å². The number of ether oxygens (including phenoxy) is 1. The van der Waals surface area contributed by atoms with Gasteiger partial charge in [-0.2, -0.15) is 0 Å². The number of carbonyl (C=O) groups is 3. The van der Waals surface area contributed by atoms with Crippen LogP contribution in [0.4, 0.5) is 10.7 Å². The van der Waals surface area contributed by atoms with E-state index in [1.54, 1.807) is 36.4 Å². The van der Waals surface area contributed by atoms with Crippen molar-refractivity contribution < 1.29 is 19.1 Å². The van der Waals surface area contributed by atoms with Crippen molar-refractivity contribution in [1.82, 2.24) is 0 Å². The Labute approximate surface area is 131 Å². The molecule has 2 amide bonds. The van der Waals surface area contributed by atoms with Crippen LogP contribution < -0.4 is 10.6 Å². The molecule has 0 fully saturated rings. The van der Waals surface area contributed by atoms with Gasteiger partial charge in [-0.15, -0.1) is 11.3 Å².